The minimum absolute atomic E-state index is 0.402. The minimum Gasteiger partial charge on any atom is -0.481 e. The maximum Gasteiger partial charge on any atom is 0.308 e. The molecule has 0 radical (unpaired) electrons. The van der Waals surface area contributed by atoms with E-state index in [0.717, 1.165) is 0 Å². The zero-order chi connectivity index (χ0) is 17.4. The smallest absolute Gasteiger partial charge is 0.308 e. The van der Waals surface area contributed by atoms with Gasteiger partial charge in [0.1, 0.15) is 0 Å². The van der Waals surface area contributed by atoms with Gasteiger partial charge in [-0.25, -0.2) is 0 Å². The van der Waals surface area contributed by atoms with Crippen LogP contribution in [0.5, 0.6) is 0 Å². The second kappa shape index (κ2) is 15.3. The third-order valence-electron chi connectivity index (χ3n) is 3.65. The average molecular weight is 316 g/mol. The molecule has 0 heterocycles. The molecule has 0 bridgehead atoms. The van der Waals surface area contributed by atoms with Gasteiger partial charge in [-0.2, -0.15) is 0 Å². The van der Waals surface area contributed by atoms with Crippen LogP contribution < -0.4 is 5.73 Å². The lowest BCUT2D eigenvalue weighted by Gasteiger charge is -2.08. The number of carbonyl (C=O) groups is 1. The van der Waals surface area contributed by atoms with Crippen LogP contribution in [0.25, 0.3) is 0 Å². The topological polar surface area (TPSA) is 63.3 Å². The normalized spacial score (nSPS) is 12.5. The van der Waals surface area contributed by atoms with E-state index in [9.17, 15) is 4.79 Å². The molecular formula is C19H41NO2. The average Bonchev–Trinajstić information content (AvgIpc) is 2.40. The van der Waals surface area contributed by atoms with E-state index in [2.05, 4.69) is 13.8 Å². The van der Waals surface area contributed by atoms with Crippen molar-refractivity contribution in [2.45, 2.75) is 111 Å². The lowest BCUT2D eigenvalue weighted by Crippen LogP contribution is -2.18. The number of nitrogens with two attached hydrogens (primary N) is 1. The number of rotatable bonds is 11. The largest absolute Gasteiger partial charge is 0.481 e. The number of carboxylic acids is 1. The van der Waals surface area contributed by atoms with Gasteiger partial charge in [-0.15, -0.1) is 0 Å². The van der Waals surface area contributed by atoms with Crippen molar-refractivity contribution in [3.05, 3.63) is 0 Å². The molecule has 0 aliphatic carbocycles. The molecule has 3 heteroatoms. The molecule has 1 atom stereocenters. The van der Waals surface area contributed by atoms with Crippen molar-refractivity contribution in [3.8, 4) is 0 Å². The summed E-state index contributed by atoms with van der Waals surface area (Å²) in [5.74, 6) is -0.757. The Hall–Kier alpha value is -0.570. The molecular weight excluding hydrogens is 274 g/mol. The molecule has 22 heavy (non-hydrogen) atoms. The van der Waals surface area contributed by atoms with Crippen molar-refractivity contribution in [2.75, 3.05) is 0 Å². The fourth-order valence-electron chi connectivity index (χ4n) is 1.95. The molecule has 0 aromatic heterocycles. The third kappa shape index (κ3) is 21.7. The first-order chi connectivity index (χ1) is 10.2. The minimum atomic E-state index is -0.757. The van der Waals surface area contributed by atoms with Crippen molar-refractivity contribution in [1.82, 2.24) is 0 Å². The second-order valence-corrected chi connectivity index (χ2v) is 7.50. The molecule has 134 valence electrons. The van der Waals surface area contributed by atoms with Crippen molar-refractivity contribution in [1.29, 1.82) is 0 Å². The van der Waals surface area contributed by atoms with E-state index >= 15 is 0 Å². The van der Waals surface area contributed by atoms with Crippen molar-refractivity contribution >= 4 is 5.97 Å². The van der Waals surface area contributed by atoms with Gasteiger partial charge >= 0.3 is 5.97 Å². The molecule has 0 amide bonds. The molecule has 0 aromatic carbocycles. The Morgan fingerprint density at radius 2 is 1.23 bits per heavy atom. The summed E-state index contributed by atoms with van der Waals surface area (Å²) in [4.78, 5) is 10.0. The van der Waals surface area contributed by atoms with Gasteiger partial charge in [0.15, 0.2) is 0 Å². The summed E-state index contributed by atoms with van der Waals surface area (Å²) in [6.07, 6.45) is 15.3. The molecule has 0 aromatic rings. The molecule has 0 aliphatic rings. The fraction of sp³-hybridized carbons (Fsp3) is 0.947. The van der Waals surface area contributed by atoms with Crippen molar-refractivity contribution in [3.63, 3.8) is 0 Å². The van der Waals surface area contributed by atoms with E-state index in [1.807, 2.05) is 0 Å². The van der Waals surface area contributed by atoms with Crippen LogP contribution >= 0.6 is 0 Å². The SMILES string of the molecule is CC(C)(C)C(=O)O.CCCCCCCCCCCCC(C)N. The van der Waals surface area contributed by atoms with Crippen molar-refractivity contribution in [2.24, 2.45) is 11.1 Å². The molecule has 3 N–H and O–H groups in total. The van der Waals surface area contributed by atoms with Gasteiger partial charge in [0.05, 0.1) is 5.41 Å². The van der Waals surface area contributed by atoms with E-state index in [0.29, 0.717) is 6.04 Å². The van der Waals surface area contributed by atoms with Crippen LogP contribution in [-0.2, 0) is 4.79 Å². The Kier molecular flexibility index (Phi) is 16.5. The molecule has 0 rings (SSSR count). The molecule has 0 fully saturated rings. The fourth-order valence-corrected chi connectivity index (χ4v) is 1.95. The molecule has 1 unspecified atom stereocenters. The monoisotopic (exact) mass is 315 g/mol. The number of carboxylic acid groups (broad SMARTS) is 1. The Balaban J connectivity index is 0. The van der Waals surface area contributed by atoms with E-state index in [1.54, 1.807) is 20.8 Å². The number of hydrogen-bond donors (Lipinski definition) is 2. The standard InChI is InChI=1S/C14H31N.C5H10O2/c1-3-4-5-6-7-8-9-10-11-12-13-14(2)15;1-5(2,3)4(6)7/h14H,3-13,15H2,1-2H3;1-3H3,(H,6,7). The number of hydrogen-bond acceptors (Lipinski definition) is 2. The summed E-state index contributed by atoms with van der Waals surface area (Å²) in [5.41, 5.74) is 5.12. The zero-order valence-corrected chi connectivity index (χ0v) is 15.8. The zero-order valence-electron chi connectivity index (χ0n) is 15.8. The van der Waals surface area contributed by atoms with E-state index in [4.69, 9.17) is 10.8 Å². The highest BCUT2D eigenvalue weighted by atomic mass is 16.4. The lowest BCUT2D eigenvalue weighted by molar-refractivity contribution is -0.145. The van der Waals surface area contributed by atoms with Gasteiger partial charge in [0, 0.05) is 6.04 Å². The lowest BCUT2D eigenvalue weighted by atomic mass is 9.98. The quantitative estimate of drug-likeness (QED) is 0.476. The van der Waals surface area contributed by atoms with E-state index in [1.165, 1.54) is 70.6 Å². The van der Waals surface area contributed by atoms with Gasteiger partial charge in [-0.3, -0.25) is 4.79 Å². The summed E-state index contributed by atoms with van der Waals surface area (Å²) >= 11 is 0. The van der Waals surface area contributed by atoms with Gasteiger partial charge in [0.25, 0.3) is 0 Å². The Labute approximate surface area is 139 Å². The maximum absolute atomic E-state index is 10.0. The van der Waals surface area contributed by atoms with Crippen LogP contribution in [-0.4, -0.2) is 17.1 Å². The van der Waals surface area contributed by atoms with Crippen molar-refractivity contribution < 1.29 is 9.90 Å². The molecule has 0 aliphatic heterocycles. The van der Waals surface area contributed by atoms with Crippen LogP contribution in [0, 0.1) is 5.41 Å². The van der Waals surface area contributed by atoms with Crippen LogP contribution in [0.4, 0.5) is 0 Å². The summed E-state index contributed by atoms with van der Waals surface area (Å²) in [7, 11) is 0. The van der Waals surface area contributed by atoms with Crippen LogP contribution in [0.1, 0.15) is 105 Å². The highest BCUT2D eigenvalue weighted by Crippen LogP contribution is 2.12. The third-order valence-corrected chi connectivity index (χ3v) is 3.65. The highest BCUT2D eigenvalue weighted by Gasteiger charge is 2.18. The summed E-state index contributed by atoms with van der Waals surface area (Å²) in [6, 6.07) is 0.402. The predicted octanol–water partition coefficient (Wildman–Crippen LogP) is 5.76. The summed E-state index contributed by atoms with van der Waals surface area (Å²) < 4.78 is 0. The Morgan fingerprint density at radius 1 is 0.909 bits per heavy atom. The Bertz CT molecular complexity index is 244. The first-order valence-electron chi connectivity index (χ1n) is 9.20. The van der Waals surface area contributed by atoms with Gasteiger partial charge in [-0.1, -0.05) is 71.1 Å². The number of aliphatic carboxylic acids is 1. The first kappa shape index (κ1) is 23.7. The maximum atomic E-state index is 10.0. The van der Waals surface area contributed by atoms with E-state index in [-0.39, 0.29) is 0 Å². The summed E-state index contributed by atoms with van der Waals surface area (Å²) in [6.45, 7) is 9.37. The van der Waals surface area contributed by atoms with Crippen LogP contribution in [0.15, 0.2) is 0 Å². The molecule has 3 nitrogen and oxygen atoms in total. The summed E-state index contributed by atoms with van der Waals surface area (Å²) in [5, 5.41) is 8.25. The highest BCUT2D eigenvalue weighted by molar-refractivity contribution is 5.72. The first-order valence-corrected chi connectivity index (χ1v) is 9.20. The van der Waals surface area contributed by atoms with Gasteiger partial charge < -0.3 is 10.8 Å². The second-order valence-electron chi connectivity index (χ2n) is 7.50. The van der Waals surface area contributed by atoms with Gasteiger partial charge in [-0.05, 0) is 34.1 Å². The van der Waals surface area contributed by atoms with Crippen LogP contribution in [0.2, 0.25) is 0 Å². The Morgan fingerprint density at radius 3 is 1.50 bits per heavy atom. The van der Waals surface area contributed by atoms with Crippen LogP contribution in [0.3, 0.4) is 0 Å². The molecule has 0 spiro atoms. The molecule has 0 saturated carbocycles. The van der Waals surface area contributed by atoms with E-state index < -0.39 is 11.4 Å². The predicted molar refractivity (Wildman–Crippen MR) is 97.2 cm³/mol. The molecule has 0 saturated heterocycles. The van der Waals surface area contributed by atoms with Gasteiger partial charge in [0.2, 0.25) is 0 Å². The number of unbranched alkanes of at least 4 members (excludes halogenated alkanes) is 9.